The quantitative estimate of drug-likeness (QED) is 0.785. The van der Waals surface area contributed by atoms with Crippen molar-refractivity contribution in [2.75, 3.05) is 26.8 Å². The first-order valence-electron chi connectivity index (χ1n) is 8.23. The van der Waals surface area contributed by atoms with Crippen molar-refractivity contribution < 1.29 is 18.7 Å². The summed E-state index contributed by atoms with van der Waals surface area (Å²) in [6.07, 6.45) is 2.27. The summed E-state index contributed by atoms with van der Waals surface area (Å²) in [6, 6.07) is 7.71. The Morgan fingerprint density at radius 3 is 2.74 bits per heavy atom. The predicted octanol–water partition coefficient (Wildman–Crippen LogP) is 2.68. The second kappa shape index (κ2) is 6.48. The molecule has 1 aliphatic carbocycles. The van der Waals surface area contributed by atoms with Gasteiger partial charge < -0.3 is 14.8 Å². The lowest BCUT2D eigenvalue weighted by Gasteiger charge is -2.34. The normalized spacial score (nSPS) is 21.9. The van der Waals surface area contributed by atoms with Gasteiger partial charge in [-0.25, -0.2) is 4.39 Å². The highest BCUT2D eigenvalue weighted by Gasteiger charge is 2.40. The number of methoxy groups -OCH3 is 1. The van der Waals surface area contributed by atoms with Crippen molar-refractivity contribution in [3.05, 3.63) is 29.8 Å². The number of benzene rings is 1. The van der Waals surface area contributed by atoms with Crippen molar-refractivity contribution in [2.45, 2.75) is 31.4 Å². The summed E-state index contributed by atoms with van der Waals surface area (Å²) in [5.74, 6) is 0.940. The molecule has 2 aliphatic rings. The van der Waals surface area contributed by atoms with Crippen LogP contribution in [-0.4, -0.2) is 38.4 Å². The van der Waals surface area contributed by atoms with Gasteiger partial charge >= 0.3 is 5.97 Å². The standard InChI is InChI=1S/C18H24FNO3/c1-12(17(21)22-2)16(13-6-7-13)14-4-3-5-15(8-14)23-11-18(19)9-20-10-18/h3-5,8,12-13,16,20H,6-7,9-11H2,1-2H3. The fourth-order valence-corrected chi connectivity index (χ4v) is 3.28. The van der Waals surface area contributed by atoms with Crippen molar-refractivity contribution in [2.24, 2.45) is 11.8 Å². The lowest BCUT2D eigenvalue weighted by molar-refractivity contribution is -0.145. The molecule has 2 atom stereocenters. The first-order chi connectivity index (χ1) is 11.0. The van der Waals surface area contributed by atoms with Crippen LogP contribution in [0.4, 0.5) is 4.39 Å². The minimum absolute atomic E-state index is 0.0596. The van der Waals surface area contributed by atoms with Crippen LogP contribution >= 0.6 is 0 Å². The largest absolute Gasteiger partial charge is 0.490 e. The topological polar surface area (TPSA) is 47.6 Å². The molecule has 1 aromatic carbocycles. The summed E-state index contributed by atoms with van der Waals surface area (Å²) in [7, 11) is 1.43. The van der Waals surface area contributed by atoms with Gasteiger partial charge in [-0.15, -0.1) is 0 Å². The van der Waals surface area contributed by atoms with Gasteiger partial charge in [0.05, 0.1) is 13.0 Å². The third-order valence-electron chi connectivity index (χ3n) is 4.87. The van der Waals surface area contributed by atoms with E-state index in [0.29, 0.717) is 24.8 Å². The fraction of sp³-hybridized carbons (Fsp3) is 0.611. The molecule has 126 valence electrons. The molecule has 1 saturated heterocycles. The number of carbonyl (C=O) groups is 1. The lowest BCUT2D eigenvalue weighted by atomic mass is 9.83. The minimum atomic E-state index is -1.26. The van der Waals surface area contributed by atoms with Crippen LogP contribution in [0.5, 0.6) is 5.75 Å². The molecule has 0 bridgehead atoms. The van der Waals surface area contributed by atoms with Gasteiger partial charge in [-0.1, -0.05) is 19.1 Å². The first-order valence-corrected chi connectivity index (χ1v) is 8.23. The average molecular weight is 321 g/mol. The van der Waals surface area contributed by atoms with E-state index >= 15 is 0 Å². The van der Waals surface area contributed by atoms with E-state index < -0.39 is 5.67 Å². The van der Waals surface area contributed by atoms with Crippen LogP contribution in [0.15, 0.2) is 24.3 Å². The smallest absolute Gasteiger partial charge is 0.309 e. The monoisotopic (exact) mass is 321 g/mol. The van der Waals surface area contributed by atoms with Gasteiger partial charge in [-0.2, -0.15) is 0 Å². The van der Waals surface area contributed by atoms with E-state index in [-0.39, 0.29) is 24.4 Å². The summed E-state index contributed by atoms with van der Waals surface area (Å²) >= 11 is 0. The van der Waals surface area contributed by atoms with E-state index in [1.807, 2.05) is 31.2 Å². The minimum Gasteiger partial charge on any atom is -0.490 e. The number of hydrogen-bond acceptors (Lipinski definition) is 4. The molecule has 3 rings (SSSR count). The molecule has 1 heterocycles. The lowest BCUT2D eigenvalue weighted by Crippen LogP contribution is -2.59. The van der Waals surface area contributed by atoms with E-state index in [2.05, 4.69) is 5.32 Å². The first kappa shape index (κ1) is 16.2. The van der Waals surface area contributed by atoms with Crippen LogP contribution in [0, 0.1) is 11.8 Å². The van der Waals surface area contributed by atoms with Crippen molar-refractivity contribution in [3.8, 4) is 5.75 Å². The highest BCUT2D eigenvalue weighted by molar-refractivity contribution is 5.73. The van der Waals surface area contributed by atoms with Crippen LogP contribution in [0.1, 0.15) is 31.2 Å². The number of carbonyl (C=O) groups excluding carboxylic acids is 1. The molecular formula is C18H24FNO3. The Morgan fingerprint density at radius 2 is 2.17 bits per heavy atom. The Balaban J connectivity index is 1.72. The molecule has 1 aromatic rings. The zero-order valence-electron chi connectivity index (χ0n) is 13.7. The molecule has 0 spiro atoms. The van der Waals surface area contributed by atoms with Crippen molar-refractivity contribution in [3.63, 3.8) is 0 Å². The number of nitrogens with one attached hydrogen (secondary N) is 1. The van der Waals surface area contributed by atoms with Crippen LogP contribution in [-0.2, 0) is 9.53 Å². The number of hydrogen-bond donors (Lipinski definition) is 1. The Labute approximate surface area is 136 Å². The molecule has 0 amide bonds. The number of ether oxygens (including phenoxy) is 2. The van der Waals surface area contributed by atoms with Crippen molar-refractivity contribution >= 4 is 5.97 Å². The Kier molecular flexibility index (Phi) is 4.57. The number of esters is 1. The number of rotatable bonds is 7. The van der Waals surface area contributed by atoms with E-state index in [9.17, 15) is 9.18 Å². The Morgan fingerprint density at radius 1 is 1.43 bits per heavy atom. The summed E-state index contributed by atoms with van der Waals surface area (Å²) in [5.41, 5.74) is -0.187. The van der Waals surface area contributed by atoms with Crippen molar-refractivity contribution in [1.29, 1.82) is 0 Å². The second-order valence-corrected chi connectivity index (χ2v) is 6.79. The van der Waals surface area contributed by atoms with Gasteiger partial charge in [0.2, 0.25) is 0 Å². The van der Waals surface area contributed by atoms with Crippen LogP contribution < -0.4 is 10.1 Å². The van der Waals surface area contributed by atoms with Gasteiger partial charge in [0.25, 0.3) is 0 Å². The Hall–Kier alpha value is -1.62. The summed E-state index contributed by atoms with van der Waals surface area (Å²) in [5, 5.41) is 2.92. The molecular weight excluding hydrogens is 297 g/mol. The number of halogens is 1. The van der Waals surface area contributed by atoms with Crippen LogP contribution in [0.25, 0.3) is 0 Å². The second-order valence-electron chi connectivity index (χ2n) is 6.79. The third-order valence-corrected chi connectivity index (χ3v) is 4.87. The summed E-state index contributed by atoms with van der Waals surface area (Å²) < 4.78 is 24.6. The molecule has 1 aliphatic heterocycles. The molecule has 5 heteroatoms. The van der Waals surface area contributed by atoms with Gasteiger partial charge in [-0.05, 0) is 42.4 Å². The Bertz CT molecular complexity index is 569. The molecule has 2 unspecified atom stereocenters. The maximum Gasteiger partial charge on any atom is 0.309 e. The maximum atomic E-state index is 14.0. The molecule has 23 heavy (non-hydrogen) atoms. The van der Waals surface area contributed by atoms with E-state index in [0.717, 1.165) is 18.4 Å². The van der Waals surface area contributed by atoms with E-state index in [4.69, 9.17) is 9.47 Å². The van der Waals surface area contributed by atoms with Gasteiger partial charge in [0.15, 0.2) is 5.67 Å². The fourth-order valence-electron chi connectivity index (χ4n) is 3.28. The zero-order chi connectivity index (χ0) is 16.4. The van der Waals surface area contributed by atoms with Crippen molar-refractivity contribution in [1.82, 2.24) is 5.32 Å². The zero-order valence-corrected chi connectivity index (χ0v) is 13.7. The molecule has 1 saturated carbocycles. The maximum absolute atomic E-state index is 14.0. The van der Waals surface area contributed by atoms with E-state index in [1.54, 1.807) is 0 Å². The SMILES string of the molecule is COC(=O)C(C)C(c1cccc(OCC2(F)CNC2)c1)C1CC1. The van der Waals surface area contributed by atoms with Gasteiger partial charge in [0.1, 0.15) is 12.4 Å². The van der Waals surface area contributed by atoms with Crippen LogP contribution in [0.3, 0.4) is 0 Å². The van der Waals surface area contributed by atoms with Gasteiger partial charge in [0, 0.05) is 13.1 Å². The highest BCUT2D eigenvalue weighted by Crippen LogP contribution is 2.47. The van der Waals surface area contributed by atoms with E-state index in [1.165, 1.54) is 7.11 Å². The summed E-state index contributed by atoms with van der Waals surface area (Å²) in [4.78, 5) is 11.9. The molecule has 4 nitrogen and oxygen atoms in total. The van der Waals surface area contributed by atoms with Crippen LogP contribution in [0.2, 0.25) is 0 Å². The average Bonchev–Trinajstić information content (AvgIpc) is 3.35. The predicted molar refractivity (Wildman–Crippen MR) is 85.3 cm³/mol. The third kappa shape index (κ3) is 3.66. The molecule has 2 fully saturated rings. The molecule has 0 aromatic heterocycles. The molecule has 0 radical (unpaired) electrons. The number of alkyl halides is 1. The van der Waals surface area contributed by atoms with Gasteiger partial charge in [-0.3, -0.25) is 4.79 Å². The highest BCUT2D eigenvalue weighted by atomic mass is 19.1. The summed E-state index contributed by atoms with van der Waals surface area (Å²) in [6.45, 7) is 2.66. The molecule has 1 N–H and O–H groups in total.